The SMILES string of the molecule is FC(F)C(F)O[C@H]1CCNC1. The minimum atomic E-state index is -3.03. The molecule has 0 saturated carbocycles. The number of rotatable bonds is 3. The summed E-state index contributed by atoms with van der Waals surface area (Å²) in [6.45, 7) is 1.17. The Morgan fingerprint density at radius 1 is 1.36 bits per heavy atom. The third-order valence-corrected chi connectivity index (χ3v) is 1.54. The molecule has 1 fully saturated rings. The van der Waals surface area contributed by atoms with Crippen molar-refractivity contribution < 1.29 is 17.9 Å². The summed E-state index contributed by atoms with van der Waals surface area (Å²) in [5, 5.41) is 2.88. The van der Waals surface area contributed by atoms with Gasteiger partial charge in [-0.3, -0.25) is 0 Å². The lowest BCUT2D eigenvalue weighted by Gasteiger charge is -2.13. The topological polar surface area (TPSA) is 21.3 Å². The van der Waals surface area contributed by atoms with Crippen LogP contribution in [-0.2, 0) is 4.74 Å². The molecule has 0 spiro atoms. The molecule has 0 aromatic rings. The van der Waals surface area contributed by atoms with E-state index in [2.05, 4.69) is 10.1 Å². The van der Waals surface area contributed by atoms with Gasteiger partial charge in [-0.25, -0.2) is 13.2 Å². The third kappa shape index (κ3) is 2.67. The maximum absolute atomic E-state index is 12.2. The second-order valence-corrected chi connectivity index (χ2v) is 2.44. The van der Waals surface area contributed by atoms with Crippen molar-refractivity contribution in [2.75, 3.05) is 13.1 Å². The van der Waals surface area contributed by atoms with E-state index < -0.39 is 12.8 Å². The second kappa shape index (κ2) is 3.92. The van der Waals surface area contributed by atoms with Gasteiger partial charge in [-0.2, -0.15) is 0 Å². The summed E-state index contributed by atoms with van der Waals surface area (Å²) in [6.07, 6.45) is -5.25. The largest absolute Gasteiger partial charge is 0.339 e. The molecule has 1 rings (SSSR count). The van der Waals surface area contributed by atoms with Crippen molar-refractivity contribution in [2.24, 2.45) is 0 Å². The van der Waals surface area contributed by atoms with E-state index in [0.29, 0.717) is 19.5 Å². The molecule has 0 bridgehead atoms. The number of hydrogen-bond acceptors (Lipinski definition) is 2. The first-order chi connectivity index (χ1) is 5.20. The summed E-state index contributed by atoms with van der Waals surface area (Å²) in [5.74, 6) is 0. The molecule has 5 heteroatoms. The van der Waals surface area contributed by atoms with E-state index in [1.54, 1.807) is 0 Å². The van der Waals surface area contributed by atoms with Gasteiger partial charge in [0.15, 0.2) is 0 Å². The lowest BCUT2D eigenvalue weighted by Crippen LogP contribution is -2.25. The van der Waals surface area contributed by atoms with Crippen LogP contribution in [0, 0.1) is 0 Å². The molecule has 0 aromatic carbocycles. The van der Waals surface area contributed by atoms with Gasteiger partial charge in [-0.05, 0) is 13.0 Å². The Labute approximate surface area is 62.7 Å². The summed E-state index contributed by atoms with van der Waals surface area (Å²) >= 11 is 0. The predicted molar refractivity (Wildman–Crippen MR) is 33.3 cm³/mol. The molecule has 0 aromatic heterocycles. The van der Waals surface area contributed by atoms with Crippen LogP contribution in [0.2, 0.25) is 0 Å². The molecular formula is C6H10F3NO. The van der Waals surface area contributed by atoms with Gasteiger partial charge in [-0.15, -0.1) is 0 Å². The standard InChI is InChI=1S/C6H10F3NO/c7-5(8)6(9)11-4-1-2-10-3-4/h4-6,10H,1-3H2/t4-,6?/m0/s1. The molecule has 2 atom stereocenters. The van der Waals surface area contributed by atoms with Crippen LogP contribution >= 0.6 is 0 Å². The highest BCUT2D eigenvalue weighted by atomic mass is 19.3. The van der Waals surface area contributed by atoms with Crippen molar-refractivity contribution >= 4 is 0 Å². The van der Waals surface area contributed by atoms with E-state index in [4.69, 9.17) is 0 Å². The molecule has 66 valence electrons. The van der Waals surface area contributed by atoms with Crippen molar-refractivity contribution in [3.05, 3.63) is 0 Å². The fourth-order valence-electron chi connectivity index (χ4n) is 0.988. The zero-order chi connectivity index (χ0) is 8.27. The van der Waals surface area contributed by atoms with Crippen molar-refractivity contribution in [3.63, 3.8) is 0 Å². The van der Waals surface area contributed by atoms with E-state index in [-0.39, 0.29) is 6.10 Å². The van der Waals surface area contributed by atoms with Crippen LogP contribution < -0.4 is 5.32 Å². The predicted octanol–water partition coefficient (Wildman–Crippen LogP) is 0.926. The summed E-state index contributed by atoms with van der Waals surface area (Å²) < 4.78 is 39.7. The van der Waals surface area contributed by atoms with Crippen molar-refractivity contribution in [1.29, 1.82) is 0 Å². The van der Waals surface area contributed by atoms with E-state index in [0.717, 1.165) is 0 Å². The van der Waals surface area contributed by atoms with E-state index in [1.165, 1.54) is 0 Å². The molecule has 0 aliphatic carbocycles. The molecule has 1 aliphatic rings. The summed E-state index contributed by atoms with van der Waals surface area (Å²) in [6, 6.07) is 0. The number of hydrogen-bond donors (Lipinski definition) is 1. The Balaban J connectivity index is 2.18. The first-order valence-electron chi connectivity index (χ1n) is 3.48. The normalized spacial score (nSPS) is 27.8. The lowest BCUT2D eigenvalue weighted by atomic mass is 10.3. The molecule has 0 amide bonds. The monoisotopic (exact) mass is 169 g/mol. The van der Waals surface area contributed by atoms with Crippen LogP contribution in [0.25, 0.3) is 0 Å². The highest BCUT2D eigenvalue weighted by Gasteiger charge is 2.25. The van der Waals surface area contributed by atoms with Crippen LogP contribution in [0.5, 0.6) is 0 Å². The lowest BCUT2D eigenvalue weighted by molar-refractivity contribution is -0.152. The third-order valence-electron chi connectivity index (χ3n) is 1.54. The Bertz CT molecular complexity index is 116. The Morgan fingerprint density at radius 2 is 2.09 bits per heavy atom. The smallest absolute Gasteiger partial charge is 0.293 e. The zero-order valence-electron chi connectivity index (χ0n) is 5.90. The summed E-state index contributed by atoms with van der Waals surface area (Å²) in [4.78, 5) is 0. The molecule has 1 aliphatic heterocycles. The minimum Gasteiger partial charge on any atom is -0.339 e. The van der Waals surface area contributed by atoms with Gasteiger partial charge in [0.05, 0.1) is 6.10 Å². The number of ether oxygens (including phenoxy) is 1. The van der Waals surface area contributed by atoms with Crippen LogP contribution in [0.3, 0.4) is 0 Å². The quantitative estimate of drug-likeness (QED) is 0.678. The second-order valence-electron chi connectivity index (χ2n) is 2.44. The number of halogens is 3. The maximum atomic E-state index is 12.2. The number of nitrogens with one attached hydrogen (secondary N) is 1. The Kier molecular flexibility index (Phi) is 3.14. The van der Waals surface area contributed by atoms with E-state index >= 15 is 0 Å². The Hall–Kier alpha value is -0.290. The van der Waals surface area contributed by atoms with Gasteiger partial charge in [-0.1, -0.05) is 0 Å². The van der Waals surface area contributed by atoms with Crippen molar-refractivity contribution in [3.8, 4) is 0 Å². The van der Waals surface area contributed by atoms with Crippen molar-refractivity contribution in [1.82, 2.24) is 5.32 Å². The fraction of sp³-hybridized carbons (Fsp3) is 1.00. The molecule has 2 nitrogen and oxygen atoms in total. The first kappa shape index (κ1) is 8.80. The molecule has 1 heterocycles. The number of alkyl halides is 3. The van der Waals surface area contributed by atoms with Gasteiger partial charge in [0.2, 0.25) is 0 Å². The molecule has 1 unspecified atom stereocenters. The van der Waals surface area contributed by atoms with Gasteiger partial charge >= 0.3 is 0 Å². The highest BCUT2D eigenvalue weighted by molar-refractivity contribution is 4.71. The molecule has 1 N–H and O–H groups in total. The first-order valence-corrected chi connectivity index (χ1v) is 3.48. The highest BCUT2D eigenvalue weighted by Crippen LogP contribution is 2.13. The molecule has 1 saturated heterocycles. The van der Waals surface area contributed by atoms with Crippen LogP contribution in [0.4, 0.5) is 13.2 Å². The summed E-state index contributed by atoms with van der Waals surface area (Å²) in [7, 11) is 0. The average molecular weight is 169 g/mol. The minimum absolute atomic E-state index is 0.390. The van der Waals surface area contributed by atoms with E-state index in [1.807, 2.05) is 0 Å². The van der Waals surface area contributed by atoms with E-state index in [9.17, 15) is 13.2 Å². The van der Waals surface area contributed by atoms with Crippen molar-refractivity contribution in [2.45, 2.75) is 25.3 Å². The van der Waals surface area contributed by atoms with Crippen LogP contribution in [0.15, 0.2) is 0 Å². The zero-order valence-corrected chi connectivity index (χ0v) is 5.90. The van der Waals surface area contributed by atoms with Gasteiger partial charge in [0.1, 0.15) is 0 Å². The average Bonchev–Trinajstić information content (AvgIpc) is 2.39. The van der Waals surface area contributed by atoms with Crippen LogP contribution in [-0.4, -0.2) is 32.0 Å². The fourth-order valence-corrected chi connectivity index (χ4v) is 0.988. The molecular weight excluding hydrogens is 159 g/mol. The van der Waals surface area contributed by atoms with Gasteiger partial charge in [0, 0.05) is 6.54 Å². The summed E-state index contributed by atoms with van der Waals surface area (Å²) in [5.41, 5.74) is 0. The molecule has 0 radical (unpaired) electrons. The maximum Gasteiger partial charge on any atom is 0.293 e. The van der Waals surface area contributed by atoms with Gasteiger partial charge < -0.3 is 10.1 Å². The Morgan fingerprint density at radius 3 is 2.55 bits per heavy atom. The molecule has 11 heavy (non-hydrogen) atoms. The van der Waals surface area contributed by atoms with Gasteiger partial charge in [0.25, 0.3) is 12.8 Å². The van der Waals surface area contributed by atoms with Crippen LogP contribution in [0.1, 0.15) is 6.42 Å².